The molecular formula is C23H23ClN2O5S. The molecule has 3 N–H and O–H groups in total. The third-order valence-corrected chi connectivity index (χ3v) is 7.15. The lowest BCUT2D eigenvalue weighted by Crippen LogP contribution is -2.18. The Labute approximate surface area is 190 Å². The quantitative estimate of drug-likeness (QED) is 0.325. The number of alkyl halides is 1. The van der Waals surface area contributed by atoms with Crippen LogP contribution in [0.2, 0.25) is 0 Å². The van der Waals surface area contributed by atoms with Crippen LogP contribution in [0.5, 0.6) is 5.75 Å². The number of rotatable bonds is 5. The van der Waals surface area contributed by atoms with Gasteiger partial charge in [0, 0.05) is 28.8 Å². The number of sulfonamides is 1. The number of primary sulfonamides is 1. The van der Waals surface area contributed by atoms with Crippen molar-refractivity contribution in [2.75, 3.05) is 0 Å². The van der Waals surface area contributed by atoms with E-state index in [1.54, 1.807) is 36.4 Å². The van der Waals surface area contributed by atoms with Gasteiger partial charge >= 0.3 is 5.97 Å². The highest BCUT2D eigenvalue weighted by Crippen LogP contribution is 2.42. The molecule has 2 aromatic carbocycles. The van der Waals surface area contributed by atoms with E-state index in [-0.39, 0.29) is 33.2 Å². The van der Waals surface area contributed by atoms with Crippen molar-refractivity contribution in [3.8, 4) is 17.0 Å². The fourth-order valence-electron chi connectivity index (χ4n) is 4.24. The van der Waals surface area contributed by atoms with E-state index in [2.05, 4.69) is 4.98 Å². The standard InChI is InChI=1S/C23H23ClN2O5S/c1-13(27)23(28)31-22-17-7-2-3-8-19(17)26-21(22)18-10-9-15(12-20(18)32(25,29)30)14-5-4-6-16(24)11-14/h2-3,7-10,12,14,16,26H,4-6,11H2,1H3,(H2,25,29,30). The van der Waals surface area contributed by atoms with Crippen LogP contribution in [0.1, 0.15) is 44.1 Å². The Balaban J connectivity index is 1.89. The smallest absolute Gasteiger partial charge is 0.379 e. The normalized spacial score (nSPS) is 19.1. The van der Waals surface area contributed by atoms with Gasteiger partial charge in [-0.05, 0) is 48.9 Å². The van der Waals surface area contributed by atoms with E-state index in [1.165, 1.54) is 0 Å². The lowest BCUT2D eigenvalue weighted by Gasteiger charge is -2.26. The Kier molecular flexibility index (Phi) is 6.11. The first kappa shape index (κ1) is 22.5. The number of nitrogens with one attached hydrogen (secondary N) is 1. The fraction of sp³-hybridized carbons (Fsp3) is 0.304. The number of nitrogens with two attached hydrogens (primary N) is 1. The first-order valence-electron chi connectivity index (χ1n) is 10.3. The number of benzene rings is 2. The van der Waals surface area contributed by atoms with Crippen LogP contribution < -0.4 is 9.88 Å². The molecule has 168 valence electrons. The molecule has 4 rings (SSSR count). The maximum absolute atomic E-state index is 12.6. The number of ketones is 1. The topological polar surface area (TPSA) is 119 Å². The first-order valence-corrected chi connectivity index (χ1v) is 12.3. The number of fused-ring (bicyclic) bond motifs is 1. The second-order valence-corrected chi connectivity index (χ2v) is 10.2. The molecule has 1 aliphatic carbocycles. The second-order valence-electron chi connectivity index (χ2n) is 8.08. The molecule has 0 aliphatic heterocycles. The molecule has 2 atom stereocenters. The first-order chi connectivity index (χ1) is 15.1. The van der Waals surface area contributed by atoms with E-state index in [4.69, 9.17) is 21.5 Å². The zero-order valence-corrected chi connectivity index (χ0v) is 19.0. The maximum atomic E-state index is 12.6. The average molecular weight is 475 g/mol. The van der Waals surface area contributed by atoms with E-state index in [9.17, 15) is 18.0 Å². The number of halogens is 1. The molecule has 1 aliphatic rings. The zero-order valence-electron chi connectivity index (χ0n) is 17.4. The summed E-state index contributed by atoms with van der Waals surface area (Å²) in [6.07, 6.45) is 3.59. The number of esters is 1. The maximum Gasteiger partial charge on any atom is 0.379 e. The lowest BCUT2D eigenvalue weighted by molar-refractivity contribution is -0.145. The molecule has 7 nitrogen and oxygen atoms in total. The Bertz CT molecular complexity index is 1320. The van der Waals surface area contributed by atoms with Gasteiger partial charge in [0.25, 0.3) is 0 Å². The molecule has 0 amide bonds. The van der Waals surface area contributed by atoms with Gasteiger partial charge in [-0.1, -0.05) is 30.7 Å². The van der Waals surface area contributed by atoms with Crippen LogP contribution >= 0.6 is 11.6 Å². The highest BCUT2D eigenvalue weighted by atomic mass is 35.5. The van der Waals surface area contributed by atoms with E-state index in [1.807, 2.05) is 6.07 Å². The van der Waals surface area contributed by atoms with Crippen LogP contribution in [0.4, 0.5) is 0 Å². The second kappa shape index (κ2) is 8.69. The van der Waals surface area contributed by atoms with Crippen LogP contribution in [0.3, 0.4) is 0 Å². The summed E-state index contributed by atoms with van der Waals surface area (Å²) in [5.41, 5.74) is 1.99. The molecular weight excluding hydrogens is 452 g/mol. The number of ether oxygens (including phenoxy) is 1. The summed E-state index contributed by atoms with van der Waals surface area (Å²) in [5, 5.41) is 6.18. The minimum absolute atomic E-state index is 0.0534. The lowest BCUT2D eigenvalue weighted by atomic mass is 9.83. The molecule has 0 saturated heterocycles. The number of Topliss-reactive ketones (excluding diaryl/α,β-unsaturated/α-hetero) is 1. The molecule has 0 spiro atoms. The van der Waals surface area contributed by atoms with Gasteiger partial charge in [0.05, 0.1) is 10.6 Å². The summed E-state index contributed by atoms with van der Waals surface area (Å²) in [6, 6.07) is 12.1. The number of carbonyl (C=O) groups is 2. The van der Waals surface area contributed by atoms with Gasteiger partial charge in [-0.3, -0.25) is 4.79 Å². The average Bonchev–Trinajstić information content (AvgIpc) is 3.11. The molecule has 0 bridgehead atoms. The predicted molar refractivity (Wildman–Crippen MR) is 122 cm³/mol. The number of para-hydroxylation sites is 1. The predicted octanol–water partition coefficient (Wildman–Crippen LogP) is 4.24. The zero-order chi connectivity index (χ0) is 23.0. The van der Waals surface area contributed by atoms with Crippen LogP contribution in [-0.2, 0) is 19.6 Å². The number of hydrogen-bond acceptors (Lipinski definition) is 5. The Morgan fingerprint density at radius 1 is 1.16 bits per heavy atom. The van der Waals surface area contributed by atoms with E-state index in [0.29, 0.717) is 10.9 Å². The Hall–Kier alpha value is -2.68. The van der Waals surface area contributed by atoms with Gasteiger partial charge in [0.1, 0.15) is 0 Å². The van der Waals surface area contributed by atoms with Crippen LogP contribution in [-0.4, -0.2) is 30.5 Å². The van der Waals surface area contributed by atoms with Crippen LogP contribution in [0.15, 0.2) is 47.4 Å². The summed E-state index contributed by atoms with van der Waals surface area (Å²) in [5.74, 6) is -1.59. The van der Waals surface area contributed by atoms with Gasteiger partial charge in [0.2, 0.25) is 15.8 Å². The van der Waals surface area contributed by atoms with Gasteiger partial charge < -0.3 is 9.72 Å². The number of hydrogen-bond donors (Lipinski definition) is 2. The summed E-state index contributed by atoms with van der Waals surface area (Å²) >= 11 is 6.33. The molecule has 1 fully saturated rings. The number of aromatic amines is 1. The van der Waals surface area contributed by atoms with Crippen molar-refractivity contribution in [2.24, 2.45) is 5.14 Å². The molecule has 32 heavy (non-hydrogen) atoms. The highest BCUT2D eigenvalue weighted by Gasteiger charge is 2.27. The largest absolute Gasteiger partial charge is 0.418 e. The molecule has 9 heteroatoms. The Morgan fingerprint density at radius 2 is 1.91 bits per heavy atom. The van der Waals surface area contributed by atoms with Crippen molar-refractivity contribution in [3.05, 3.63) is 48.0 Å². The van der Waals surface area contributed by atoms with Gasteiger partial charge in [0.15, 0.2) is 5.75 Å². The summed E-state index contributed by atoms with van der Waals surface area (Å²) < 4.78 is 30.5. The number of aromatic nitrogens is 1. The monoisotopic (exact) mass is 474 g/mol. The molecule has 3 aromatic rings. The van der Waals surface area contributed by atoms with E-state index < -0.39 is 21.8 Å². The summed E-state index contributed by atoms with van der Waals surface area (Å²) in [7, 11) is -4.12. The minimum atomic E-state index is -4.12. The Morgan fingerprint density at radius 3 is 2.59 bits per heavy atom. The molecule has 1 aromatic heterocycles. The molecule has 1 saturated carbocycles. The SMILES string of the molecule is CC(=O)C(=O)Oc1c(-c2ccc(C3CCCC(Cl)C3)cc2S(N)(=O)=O)[nH]c2ccccc12. The van der Waals surface area contributed by atoms with Gasteiger partial charge in [-0.2, -0.15) is 0 Å². The number of carbonyl (C=O) groups excluding carboxylic acids is 2. The molecule has 0 radical (unpaired) electrons. The highest BCUT2D eigenvalue weighted by molar-refractivity contribution is 7.89. The van der Waals surface area contributed by atoms with E-state index >= 15 is 0 Å². The van der Waals surface area contributed by atoms with Crippen molar-refractivity contribution in [1.29, 1.82) is 0 Å². The van der Waals surface area contributed by atoms with Crippen molar-refractivity contribution in [1.82, 2.24) is 4.98 Å². The van der Waals surface area contributed by atoms with Crippen molar-refractivity contribution in [3.63, 3.8) is 0 Å². The van der Waals surface area contributed by atoms with Crippen molar-refractivity contribution < 1.29 is 22.7 Å². The summed E-state index contributed by atoms with van der Waals surface area (Å²) in [6.45, 7) is 1.11. The molecule has 1 heterocycles. The van der Waals surface area contributed by atoms with Gasteiger partial charge in [-0.15, -0.1) is 11.6 Å². The third kappa shape index (κ3) is 4.44. The van der Waals surface area contributed by atoms with Gasteiger partial charge in [-0.25, -0.2) is 18.4 Å². The summed E-state index contributed by atoms with van der Waals surface area (Å²) in [4.78, 5) is 26.6. The van der Waals surface area contributed by atoms with Crippen LogP contribution in [0, 0.1) is 0 Å². The minimum Gasteiger partial charge on any atom is -0.418 e. The molecule has 2 unspecified atom stereocenters. The van der Waals surface area contributed by atoms with Crippen molar-refractivity contribution >= 4 is 44.3 Å². The van der Waals surface area contributed by atoms with E-state index in [0.717, 1.165) is 38.2 Å². The third-order valence-electron chi connectivity index (χ3n) is 5.80. The van der Waals surface area contributed by atoms with Crippen LogP contribution in [0.25, 0.3) is 22.2 Å². The fourth-order valence-corrected chi connectivity index (χ4v) is 5.39. The number of H-pyrrole nitrogens is 1. The van der Waals surface area contributed by atoms with Crippen molar-refractivity contribution in [2.45, 2.75) is 48.8 Å².